The van der Waals surface area contributed by atoms with Crippen LogP contribution in [0, 0.1) is 0 Å². The molecule has 2 aromatic rings. The van der Waals surface area contributed by atoms with Crippen molar-refractivity contribution in [2.24, 2.45) is 0 Å². The highest BCUT2D eigenvalue weighted by atomic mass is 35.5. The number of hydrogen-bond donors (Lipinski definition) is 2. The summed E-state index contributed by atoms with van der Waals surface area (Å²) in [5.74, 6) is -0.155. The van der Waals surface area contributed by atoms with Crippen LogP contribution in [0.1, 0.15) is 18.1 Å². The SMILES string of the molecule is O=S(=O)(CCC(O)c1cccc(O)c1)c1ccc(Cl)cc1. The van der Waals surface area contributed by atoms with E-state index in [2.05, 4.69) is 0 Å². The lowest BCUT2D eigenvalue weighted by Gasteiger charge is -2.11. The van der Waals surface area contributed by atoms with E-state index >= 15 is 0 Å². The third-order valence-electron chi connectivity index (χ3n) is 3.09. The van der Waals surface area contributed by atoms with Crippen molar-refractivity contribution >= 4 is 21.4 Å². The van der Waals surface area contributed by atoms with Gasteiger partial charge in [-0.05, 0) is 48.4 Å². The maximum Gasteiger partial charge on any atom is 0.178 e. The molecular weight excluding hydrogens is 312 g/mol. The van der Waals surface area contributed by atoms with Crippen molar-refractivity contribution in [1.29, 1.82) is 0 Å². The van der Waals surface area contributed by atoms with Gasteiger partial charge in [0.25, 0.3) is 0 Å². The Morgan fingerprint density at radius 2 is 1.76 bits per heavy atom. The summed E-state index contributed by atoms with van der Waals surface area (Å²) in [5.41, 5.74) is 0.487. The van der Waals surface area contributed by atoms with Gasteiger partial charge in [-0.3, -0.25) is 0 Å². The van der Waals surface area contributed by atoms with Gasteiger partial charge in [-0.2, -0.15) is 0 Å². The van der Waals surface area contributed by atoms with Crippen LogP contribution < -0.4 is 0 Å². The first kappa shape index (κ1) is 15.8. The number of hydrogen-bond acceptors (Lipinski definition) is 4. The maximum atomic E-state index is 12.1. The van der Waals surface area contributed by atoms with Crippen LogP contribution in [0.5, 0.6) is 5.75 Å². The minimum atomic E-state index is -3.47. The molecule has 0 aromatic heterocycles. The summed E-state index contributed by atoms with van der Waals surface area (Å²) in [4.78, 5) is 0.176. The average molecular weight is 327 g/mol. The Bertz CT molecular complexity index is 711. The van der Waals surface area contributed by atoms with Crippen LogP contribution in [-0.2, 0) is 9.84 Å². The molecule has 112 valence electrons. The lowest BCUT2D eigenvalue weighted by molar-refractivity contribution is 0.174. The van der Waals surface area contributed by atoms with Crippen LogP contribution in [0.2, 0.25) is 5.02 Å². The van der Waals surface area contributed by atoms with Crippen LogP contribution in [0.3, 0.4) is 0 Å². The molecule has 0 aliphatic heterocycles. The molecule has 2 rings (SSSR count). The second-order valence-corrected chi connectivity index (χ2v) is 7.22. The molecule has 4 nitrogen and oxygen atoms in total. The minimum absolute atomic E-state index is 0.0344. The predicted molar refractivity (Wildman–Crippen MR) is 81.2 cm³/mol. The van der Waals surface area contributed by atoms with E-state index in [1.165, 1.54) is 36.4 Å². The van der Waals surface area contributed by atoms with Gasteiger partial charge in [0, 0.05) is 5.02 Å². The Hall–Kier alpha value is -1.56. The number of phenolic OH excluding ortho intramolecular Hbond substituents is 1. The minimum Gasteiger partial charge on any atom is -0.508 e. The number of halogens is 1. The third kappa shape index (κ3) is 4.20. The van der Waals surface area contributed by atoms with Crippen molar-refractivity contribution in [1.82, 2.24) is 0 Å². The highest BCUT2D eigenvalue weighted by Gasteiger charge is 2.17. The summed E-state index contributed by atoms with van der Waals surface area (Å²) < 4.78 is 24.3. The quantitative estimate of drug-likeness (QED) is 0.886. The molecule has 6 heteroatoms. The van der Waals surface area contributed by atoms with Gasteiger partial charge in [-0.1, -0.05) is 23.7 Å². The Balaban J connectivity index is 2.06. The highest BCUT2D eigenvalue weighted by molar-refractivity contribution is 7.91. The Kier molecular flexibility index (Phi) is 4.88. The topological polar surface area (TPSA) is 74.6 Å². The summed E-state index contributed by atoms with van der Waals surface area (Å²) in [7, 11) is -3.47. The fourth-order valence-corrected chi connectivity index (χ4v) is 3.37. The Morgan fingerprint density at radius 3 is 2.38 bits per heavy atom. The maximum absolute atomic E-state index is 12.1. The molecular formula is C15H15ClO4S. The molecule has 0 saturated carbocycles. The van der Waals surface area contributed by atoms with Gasteiger partial charge in [-0.25, -0.2) is 8.42 Å². The second kappa shape index (κ2) is 6.47. The zero-order valence-corrected chi connectivity index (χ0v) is 12.7. The van der Waals surface area contributed by atoms with Gasteiger partial charge >= 0.3 is 0 Å². The van der Waals surface area contributed by atoms with Crippen LogP contribution in [0.25, 0.3) is 0 Å². The van der Waals surface area contributed by atoms with Crippen LogP contribution in [-0.4, -0.2) is 24.4 Å². The fourth-order valence-electron chi connectivity index (χ4n) is 1.93. The zero-order valence-electron chi connectivity index (χ0n) is 11.1. The normalized spacial score (nSPS) is 13.0. The number of sulfone groups is 1. The number of rotatable bonds is 5. The van der Waals surface area contributed by atoms with Crippen LogP contribution >= 0.6 is 11.6 Å². The largest absolute Gasteiger partial charge is 0.508 e. The van der Waals surface area contributed by atoms with E-state index in [-0.39, 0.29) is 22.8 Å². The molecule has 21 heavy (non-hydrogen) atoms. The molecule has 0 spiro atoms. The zero-order chi connectivity index (χ0) is 15.5. The van der Waals surface area contributed by atoms with E-state index in [4.69, 9.17) is 11.6 Å². The molecule has 0 fully saturated rings. The van der Waals surface area contributed by atoms with E-state index < -0.39 is 15.9 Å². The lowest BCUT2D eigenvalue weighted by Crippen LogP contribution is -2.10. The van der Waals surface area contributed by atoms with E-state index in [1.807, 2.05) is 0 Å². The summed E-state index contributed by atoms with van der Waals surface area (Å²) in [6.07, 6.45) is -0.895. The predicted octanol–water partition coefficient (Wildman–Crippen LogP) is 2.94. The van der Waals surface area contributed by atoms with Gasteiger partial charge in [0.15, 0.2) is 9.84 Å². The first-order valence-electron chi connectivity index (χ1n) is 6.34. The van der Waals surface area contributed by atoms with Crippen molar-refractivity contribution in [3.8, 4) is 5.75 Å². The van der Waals surface area contributed by atoms with Crippen LogP contribution in [0.4, 0.5) is 0 Å². The summed E-state index contributed by atoms with van der Waals surface area (Å²) >= 11 is 5.73. The standard InChI is InChI=1S/C15H15ClO4S/c16-12-4-6-14(7-5-12)21(19,20)9-8-15(18)11-2-1-3-13(17)10-11/h1-7,10,15,17-18H,8-9H2. The number of aromatic hydroxyl groups is 1. The number of aliphatic hydroxyl groups excluding tert-OH is 1. The van der Waals surface area contributed by atoms with Crippen molar-refractivity contribution < 1.29 is 18.6 Å². The number of aliphatic hydroxyl groups is 1. The Morgan fingerprint density at radius 1 is 1.10 bits per heavy atom. The summed E-state index contributed by atoms with van der Waals surface area (Å²) in [6, 6.07) is 12.1. The molecule has 0 bridgehead atoms. The molecule has 0 aliphatic carbocycles. The number of benzene rings is 2. The van der Waals surface area contributed by atoms with Crippen LogP contribution in [0.15, 0.2) is 53.4 Å². The first-order valence-corrected chi connectivity index (χ1v) is 8.37. The van der Waals surface area contributed by atoms with E-state index in [0.717, 1.165) is 0 Å². The van der Waals surface area contributed by atoms with Gasteiger partial charge in [0.1, 0.15) is 5.75 Å². The van der Waals surface area contributed by atoms with Gasteiger partial charge in [0.2, 0.25) is 0 Å². The van der Waals surface area contributed by atoms with Gasteiger partial charge < -0.3 is 10.2 Å². The van der Waals surface area contributed by atoms with Crippen molar-refractivity contribution in [2.45, 2.75) is 17.4 Å². The smallest absolute Gasteiger partial charge is 0.178 e. The molecule has 1 atom stereocenters. The highest BCUT2D eigenvalue weighted by Crippen LogP contribution is 2.23. The average Bonchev–Trinajstić information content (AvgIpc) is 2.45. The lowest BCUT2D eigenvalue weighted by atomic mass is 10.1. The van der Waals surface area contributed by atoms with Crippen molar-refractivity contribution in [3.63, 3.8) is 0 Å². The van der Waals surface area contributed by atoms with E-state index in [0.29, 0.717) is 10.6 Å². The van der Waals surface area contributed by atoms with Crippen molar-refractivity contribution in [2.75, 3.05) is 5.75 Å². The molecule has 0 amide bonds. The second-order valence-electron chi connectivity index (χ2n) is 4.67. The molecule has 0 heterocycles. The molecule has 0 aliphatic rings. The van der Waals surface area contributed by atoms with Crippen molar-refractivity contribution in [3.05, 3.63) is 59.1 Å². The summed E-state index contributed by atoms with van der Waals surface area (Å²) in [6.45, 7) is 0. The molecule has 0 radical (unpaired) electrons. The van der Waals surface area contributed by atoms with E-state index in [1.54, 1.807) is 12.1 Å². The Labute approximate surface area is 128 Å². The molecule has 2 N–H and O–H groups in total. The van der Waals surface area contributed by atoms with E-state index in [9.17, 15) is 18.6 Å². The monoisotopic (exact) mass is 326 g/mol. The van der Waals surface area contributed by atoms with Gasteiger partial charge in [-0.15, -0.1) is 0 Å². The fraction of sp³-hybridized carbons (Fsp3) is 0.200. The summed E-state index contributed by atoms with van der Waals surface area (Å²) in [5, 5.41) is 19.8. The number of phenols is 1. The molecule has 1 unspecified atom stereocenters. The molecule has 2 aromatic carbocycles. The van der Waals surface area contributed by atoms with Gasteiger partial charge in [0.05, 0.1) is 16.8 Å². The molecule has 0 saturated heterocycles. The first-order chi connectivity index (χ1) is 9.88. The third-order valence-corrected chi connectivity index (χ3v) is 5.10.